The van der Waals surface area contributed by atoms with Gasteiger partial charge in [-0.1, -0.05) is 109 Å². The highest BCUT2D eigenvalue weighted by molar-refractivity contribution is 6.83. The molecule has 26 heavy (non-hydrogen) atoms. The second kappa shape index (κ2) is 13.0. The molecule has 0 saturated carbocycles. The topological polar surface area (TPSA) is 0 Å². The third kappa shape index (κ3) is 8.59. The van der Waals surface area contributed by atoms with Gasteiger partial charge in [0.15, 0.2) is 0 Å². The molecule has 0 fully saturated rings. The van der Waals surface area contributed by atoms with Crippen molar-refractivity contribution in [1.82, 2.24) is 0 Å². The summed E-state index contributed by atoms with van der Waals surface area (Å²) in [6, 6.07) is 0. The lowest BCUT2D eigenvalue weighted by molar-refractivity contribution is 0.477. The molecule has 0 radical (unpaired) electrons. The van der Waals surface area contributed by atoms with E-state index in [0.717, 1.165) is 5.92 Å². The van der Waals surface area contributed by atoms with Crippen LogP contribution in [0.3, 0.4) is 0 Å². The Bertz CT molecular complexity index is 436. The van der Waals surface area contributed by atoms with E-state index in [2.05, 4.69) is 46.5 Å². The Balaban J connectivity index is 2.85. The van der Waals surface area contributed by atoms with Crippen molar-refractivity contribution in [1.29, 1.82) is 0 Å². The van der Waals surface area contributed by atoms with Crippen molar-refractivity contribution in [3.05, 3.63) is 22.4 Å². The van der Waals surface area contributed by atoms with Gasteiger partial charge in [-0.05, 0) is 50.0 Å². The molecular weight excluding hydrogens is 328 g/mol. The molecule has 152 valence electrons. The zero-order valence-corrected chi connectivity index (χ0v) is 20.1. The molecule has 0 aromatic rings. The van der Waals surface area contributed by atoms with Gasteiger partial charge in [0.05, 0.1) is 8.07 Å². The van der Waals surface area contributed by atoms with E-state index >= 15 is 0 Å². The number of rotatable bonds is 14. The molecule has 0 aromatic heterocycles. The molecule has 1 aliphatic carbocycles. The lowest BCUT2D eigenvalue weighted by Gasteiger charge is -2.34. The summed E-state index contributed by atoms with van der Waals surface area (Å²) in [5.41, 5.74) is 3.64. The number of allylic oxidation sites excluding steroid dienone is 4. The fraction of sp³-hybridized carbons (Fsp3) is 0.840. The monoisotopic (exact) mass is 376 g/mol. The van der Waals surface area contributed by atoms with Gasteiger partial charge < -0.3 is 0 Å². The van der Waals surface area contributed by atoms with Gasteiger partial charge in [-0.15, -0.1) is 0 Å². The summed E-state index contributed by atoms with van der Waals surface area (Å²) in [6.07, 6.45) is 22.2. The Labute approximate surface area is 166 Å². The lowest BCUT2D eigenvalue weighted by atomic mass is 9.79. The Morgan fingerprint density at radius 1 is 0.769 bits per heavy atom. The molecule has 1 atom stereocenters. The highest BCUT2D eigenvalue weighted by Gasteiger charge is 2.29. The molecule has 0 heterocycles. The van der Waals surface area contributed by atoms with Crippen molar-refractivity contribution in [2.45, 2.75) is 130 Å². The Hall–Kier alpha value is -0.303. The van der Waals surface area contributed by atoms with Gasteiger partial charge in [0.2, 0.25) is 0 Å². The minimum atomic E-state index is -1.18. The normalized spacial score (nSPS) is 18.4. The van der Waals surface area contributed by atoms with Crippen LogP contribution in [0, 0.1) is 5.92 Å². The summed E-state index contributed by atoms with van der Waals surface area (Å²) in [4.78, 5) is 0. The first-order chi connectivity index (χ1) is 12.4. The van der Waals surface area contributed by atoms with Gasteiger partial charge >= 0.3 is 0 Å². The first-order valence-corrected chi connectivity index (χ1v) is 15.4. The van der Waals surface area contributed by atoms with E-state index < -0.39 is 8.07 Å². The predicted molar refractivity (Wildman–Crippen MR) is 124 cm³/mol. The molecule has 0 N–H and O–H groups in total. The first-order valence-electron chi connectivity index (χ1n) is 11.9. The van der Waals surface area contributed by atoms with Crippen molar-refractivity contribution >= 4 is 8.07 Å². The summed E-state index contributed by atoms with van der Waals surface area (Å²) < 4.78 is 0. The quantitative estimate of drug-likeness (QED) is 0.209. The van der Waals surface area contributed by atoms with Gasteiger partial charge in [0.1, 0.15) is 0 Å². The predicted octanol–water partition coefficient (Wildman–Crippen LogP) is 9.24. The van der Waals surface area contributed by atoms with Crippen molar-refractivity contribution < 1.29 is 0 Å². The second-order valence-electron chi connectivity index (χ2n) is 9.63. The van der Waals surface area contributed by atoms with E-state index in [1.807, 2.05) is 10.8 Å². The van der Waals surface area contributed by atoms with Crippen LogP contribution in [0.5, 0.6) is 0 Å². The molecule has 0 saturated heterocycles. The van der Waals surface area contributed by atoms with Crippen molar-refractivity contribution in [2.24, 2.45) is 5.92 Å². The number of unbranched alkanes of at least 4 members (excludes halogenated alkanes) is 7. The van der Waals surface area contributed by atoms with Crippen LogP contribution in [0.25, 0.3) is 0 Å². The van der Waals surface area contributed by atoms with Gasteiger partial charge in [0.25, 0.3) is 0 Å². The lowest BCUT2D eigenvalue weighted by Crippen LogP contribution is -2.29. The van der Waals surface area contributed by atoms with Gasteiger partial charge in [-0.3, -0.25) is 0 Å². The molecule has 1 heteroatoms. The Kier molecular flexibility index (Phi) is 11.8. The van der Waals surface area contributed by atoms with Crippen LogP contribution in [-0.2, 0) is 0 Å². The molecule has 0 nitrogen and oxygen atoms in total. The summed E-state index contributed by atoms with van der Waals surface area (Å²) in [5, 5.41) is 1.85. The Morgan fingerprint density at radius 2 is 1.35 bits per heavy atom. The maximum Gasteiger partial charge on any atom is 0.0724 e. The Morgan fingerprint density at radius 3 is 1.96 bits per heavy atom. The first kappa shape index (κ1) is 23.7. The summed E-state index contributed by atoms with van der Waals surface area (Å²) in [7, 11) is -1.18. The molecular formula is C25H48Si. The second-order valence-corrected chi connectivity index (χ2v) is 14.8. The van der Waals surface area contributed by atoms with Crippen LogP contribution in [0.1, 0.15) is 111 Å². The summed E-state index contributed by atoms with van der Waals surface area (Å²) in [5.74, 6) is 0.867. The van der Waals surface area contributed by atoms with Crippen LogP contribution in [0.15, 0.2) is 22.4 Å². The third-order valence-electron chi connectivity index (χ3n) is 6.19. The highest BCUT2D eigenvalue weighted by Crippen LogP contribution is 2.40. The summed E-state index contributed by atoms with van der Waals surface area (Å²) in [6.45, 7) is 14.7. The van der Waals surface area contributed by atoms with E-state index in [9.17, 15) is 0 Å². The average molecular weight is 377 g/mol. The van der Waals surface area contributed by atoms with Crippen LogP contribution >= 0.6 is 0 Å². The zero-order chi connectivity index (χ0) is 19.4. The number of hydrogen-bond donors (Lipinski definition) is 0. The van der Waals surface area contributed by atoms with Crippen molar-refractivity contribution in [2.75, 3.05) is 0 Å². The fourth-order valence-corrected chi connectivity index (χ4v) is 5.78. The van der Waals surface area contributed by atoms with Crippen LogP contribution in [0.2, 0.25) is 19.6 Å². The molecule has 1 unspecified atom stereocenters. The van der Waals surface area contributed by atoms with Gasteiger partial charge in [-0.25, -0.2) is 0 Å². The fourth-order valence-electron chi connectivity index (χ4n) is 4.31. The largest absolute Gasteiger partial charge is 0.0802 e. The van der Waals surface area contributed by atoms with Crippen LogP contribution < -0.4 is 0 Å². The minimum absolute atomic E-state index is 0.867. The molecule has 0 spiro atoms. The standard InChI is InChI=1S/C25H48Si/c1-7-10-13-14-15-16-18-23-21-24(26(4,5)6)20-22(17-11-8-2)25(23)19-12-9-3/h20,23H,7-19,21H2,1-6H3. The third-order valence-corrected chi connectivity index (χ3v) is 8.46. The SMILES string of the molecule is CCCCCCCCC1CC([Si](C)(C)C)=CC(CCCC)=C1CCCC. The van der Waals surface area contributed by atoms with E-state index in [0.29, 0.717) is 0 Å². The van der Waals surface area contributed by atoms with Crippen LogP contribution in [-0.4, -0.2) is 8.07 Å². The molecule has 0 aliphatic heterocycles. The minimum Gasteiger partial charge on any atom is -0.0802 e. The number of hydrogen-bond acceptors (Lipinski definition) is 0. The molecule has 0 bridgehead atoms. The maximum atomic E-state index is 2.69. The van der Waals surface area contributed by atoms with E-state index in [1.165, 1.54) is 89.9 Å². The highest BCUT2D eigenvalue weighted by atomic mass is 28.3. The van der Waals surface area contributed by atoms with Crippen molar-refractivity contribution in [3.63, 3.8) is 0 Å². The van der Waals surface area contributed by atoms with Crippen molar-refractivity contribution in [3.8, 4) is 0 Å². The molecule has 1 aliphatic rings. The van der Waals surface area contributed by atoms with Crippen LogP contribution in [0.4, 0.5) is 0 Å². The summed E-state index contributed by atoms with van der Waals surface area (Å²) >= 11 is 0. The zero-order valence-electron chi connectivity index (χ0n) is 19.1. The smallest absolute Gasteiger partial charge is 0.0724 e. The molecule has 0 amide bonds. The molecule has 1 rings (SSSR count). The van der Waals surface area contributed by atoms with E-state index in [-0.39, 0.29) is 0 Å². The van der Waals surface area contributed by atoms with Gasteiger partial charge in [0, 0.05) is 0 Å². The molecule has 0 aromatic carbocycles. The van der Waals surface area contributed by atoms with E-state index in [1.54, 1.807) is 5.57 Å². The average Bonchev–Trinajstić information content (AvgIpc) is 2.60. The van der Waals surface area contributed by atoms with E-state index in [4.69, 9.17) is 0 Å². The van der Waals surface area contributed by atoms with Gasteiger partial charge in [-0.2, -0.15) is 0 Å². The maximum absolute atomic E-state index is 2.69.